The number of aliphatic hydroxyl groups excluding tert-OH is 1. The quantitative estimate of drug-likeness (QED) is 0.326. The van der Waals surface area contributed by atoms with Crippen molar-refractivity contribution in [2.75, 3.05) is 6.54 Å². The van der Waals surface area contributed by atoms with Crippen molar-refractivity contribution in [3.63, 3.8) is 0 Å². The summed E-state index contributed by atoms with van der Waals surface area (Å²) in [4.78, 5) is 22.0. The van der Waals surface area contributed by atoms with E-state index in [1.807, 2.05) is 0 Å². The van der Waals surface area contributed by atoms with E-state index >= 15 is 0 Å². The minimum atomic E-state index is -0.968. The van der Waals surface area contributed by atoms with Gasteiger partial charge in [-0.3, -0.25) is 9.59 Å². The summed E-state index contributed by atoms with van der Waals surface area (Å²) >= 11 is 0. The van der Waals surface area contributed by atoms with Crippen molar-refractivity contribution in [3.8, 4) is 0 Å². The number of carbonyl (C=O) groups is 2. The van der Waals surface area contributed by atoms with Crippen LogP contribution in [0.1, 0.15) is 106 Å². The maximum Gasteiger partial charge on any atom is 0.317 e. The summed E-state index contributed by atoms with van der Waals surface area (Å²) in [5.41, 5.74) is 5.93. The van der Waals surface area contributed by atoms with Crippen molar-refractivity contribution in [2.45, 2.75) is 112 Å². The number of carboxylic acids is 2. The number of rotatable bonds is 3. The molecule has 6 heteroatoms. The average molecular weight is 532 g/mol. The summed E-state index contributed by atoms with van der Waals surface area (Å²) in [7, 11) is 0. The van der Waals surface area contributed by atoms with Gasteiger partial charge in [0, 0.05) is 0 Å². The van der Waals surface area contributed by atoms with Crippen molar-refractivity contribution in [2.24, 2.45) is 62.4 Å². The summed E-state index contributed by atoms with van der Waals surface area (Å²) in [6.07, 6.45) is 10.5. The number of fused-ring (bicyclic) bond motifs is 7. The first kappa shape index (κ1) is 29.6. The van der Waals surface area contributed by atoms with Crippen LogP contribution < -0.4 is 5.73 Å². The first-order valence-electron chi connectivity index (χ1n) is 15.0. The molecule has 0 aliphatic heterocycles. The predicted octanol–water partition coefficient (Wildman–Crippen LogP) is 6.12. The monoisotopic (exact) mass is 531 g/mol. The van der Waals surface area contributed by atoms with Crippen LogP contribution in [0.5, 0.6) is 0 Å². The molecule has 6 nitrogen and oxygen atoms in total. The molecule has 0 aromatic heterocycles. The van der Waals surface area contributed by atoms with Gasteiger partial charge >= 0.3 is 11.9 Å². The molecule has 0 radical (unpaired) electrons. The lowest BCUT2D eigenvalue weighted by atomic mass is 9.32. The molecule has 5 saturated carbocycles. The number of carboxylic acid groups (broad SMARTS) is 2. The summed E-state index contributed by atoms with van der Waals surface area (Å²) in [6.45, 7) is 18.6. The highest BCUT2D eigenvalue weighted by Gasteiger charge is 2.71. The lowest BCUT2D eigenvalue weighted by molar-refractivity contribution is -0.248. The van der Waals surface area contributed by atoms with E-state index in [0.717, 1.165) is 38.5 Å². The van der Waals surface area contributed by atoms with E-state index in [1.165, 1.54) is 31.3 Å². The second-order valence-electron chi connectivity index (χ2n) is 15.1. The van der Waals surface area contributed by atoms with Crippen LogP contribution in [0.15, 0.2) is 12.2 Å². The molecule has 0 aromatic rings. The highest BCUT2D eigenvalue weighted by atomic mass is 16.4. The fourth-order valence-corrected chi connectivity index (χ4v) is 11.5. The Hall–Kier alpha value is -1.40. The number of aliphatic hydroxyl groups is 1. The zero-order valence-corrected chi connectivity index (χ0v) is 24.7. The van der Waals surface area contributed by atoms with Gasteiger partial charge in [-0.1, -0.05) is 46.8 Å². The van der Waals surface area contributed by atoms with Crippen molar-refractivity contribution in [1.82, 2.24) is 0 Å². The van der Waals surface area contributed by atoms with Gasteiger partial charge < -0.3 is 21.1 Å². The average Bonchev–Trinajstić information content (AvgIpc) is 3.24. The number of hydrogen-bond donors (Lipinski definition) is 4. The fourth-order valence-electron chi connectivity index (χ4n) is 11.5. The molecule has 0 spiro atoms. The van der Waals surface area contributed by atoms with E-state index in [0.29, 0.717) is 23.7 Å². The Bertz CT molecular complexity index is 977. The van der Waals surface area contributed by atoms with E-state index in [4.69, 9.17) is 5.11 Å². The van der Waals surface area contributed by atoms with Gasteiger partial charge in [-0.25, -0.2) is 0 Å². The van der Waals surface area contributed by atoms with Gasteiger partial charge in [-0.15, -0.1) is 0 Å². The lowest BCUT2D eigenvalue weighted by Gasteiger charge is -2.72. The van der Waals surface area contributed by atoms with Gasteiger partial charge in [0.05, 0.1) is 18.1 Å². The summed E-state index contributed by atoms with van der Waals surface area (Å²) < 4.78 is 0. The molecule has 5 aliphatic carbocycles. The van der Waals surface area contributed by atoms with Crippen LogP contribution in [0.2, 0.25) is 0 Å². The van der Waals surface area contributed by atoms with E-state index in [2.05, 4.69) is 53.9 Å². The molecule has 5 fully saturated rings. The Balaban J connectivity index is 0.000000617. The topological polar surface area (TPSA) is 121 Å². The number of hydrogen-bond acceptors (Lipinski definition) is 4. The van der Waals surface area contributed by atoms with Crippen LogP contribution in [0.3, 0.4) is 0 Å². The van der Waals surface area contributed by atoms with Gasteiger partial charge in [0.2, 0.25) is 0 Å². The van der Waals surface area contributed by atoms with Crippen LogP contribution in [0, 0.1) is 56.7 Å². The maximum atomic E-state index is 12.8. The Kier molecular flexibility index (Phi) is 7.48. The molecular weight excluding hydrogens is 478 g/mol. The molecule has 5 N–H and O–H groups in total. The molecule has 216 valence electrons. The van der Waals surface area contributed by atoms with Crippen molar-refractivity contribution in [3.05, 3.63) is 12.2 Å². The minimum absolute atomic E-state index is 0.0202. The fraction of sp³-hybridized carbons (Fsp3) is 0.875. The van der Waals surface area contributed by atoms with Crippen molar-refractivity contribution < 1.29 is 24.9 Å². The minimum Gasteiger partial charge on any atom is -0.481 e. The second-order valence-corrected chi connectivity index (χ2v) is 15.1. The van der Waals surface area contributed by atoms with E-state index < -0.39 is 17.4 Å². The Labute approximate surface area is 229 Å². The van der Waals surface area contributed by atoms with Crippen LogP contribution in [0.4, 0.5) is 0 Å². The molecule has 0 heterocycles. The smallest absolute Gasteiger partial charge is 0.317 e. The van der Waals surface area contributed by atoms with E-state index in [1.54, 1.807) is 0 Å². The first-order valence-corrected chi connectivity index (χ1v) is 15.0. The Morgan fingerprint density at radius 2 is 1.47 bits per heavy atom. The maximum absolute atomic E-state index is 12.8. The molecule has 0 unspecified atom stereocenters. The highest BCUT2D eigenvalue weighted by molar-refractivity contribution is 5.76. The number of aliphatic carboxylic acids is 2. The van der Waals surface area contributed by atoms with Crippen LogP contribution in [0.25, 0.3) is 0 Å². The third kappa shape index (κ3) is 3.94. The lowest BCUT2D eigenvalue weighted by Crippen LogP contribution is -2.67. The second kappa shape index (κ2) is 9.61. The van der Waals surface area contributed by atoms with Crippen LogP contribution >= 0.6 is 0 Å². The molecule has 38 heavy (non-hydrogen) atoms. The molecule has 0 amide bonds. The number of allylic oxidation sites excluding steroid dienone is 1. The van der Waals surface area contributed by atoms with Gasteiger partial charge in [-0.2, -0.15) is 0 Å². The predicted molar refractivity (Wildman–Crippen MR) is 149 cm³/mol. The molecule has 5 aliphatic rings. The van der Waals surface area contributed by atoms with Crippen LogP contribution in [-0.2, 0) is 9.59 Å². The van der Waals surface area contributed by atoms with E-state index in [-0.39, 0.29) is 40.2 Å². The standard InChI is InChI=1S/C30H48O3.C2H5NO2/c1-18(2)19-10-15-30(25(32)33)17-16-28(6)20(24(19)30)8-9-22-27(5)13-12-23(31)26(3,4)21(27)11-14-29(22,28)7;3-1-2(4)5/h19-24,31H,1,8-17H2,2-7H3,(H,32,33);1,3H2,(H,4,5)/t19-,20+,21-,22+,23-,24+,27-,28+,29+,30-;/m0./s1. The van der Waals surface area contributed by atoms with Crippen molar-refractivity contribution in [1.29, 1.82) is 0 Å². The number of nitrogens with two attached hydrogens (primary N) is 1. The Morgan fingerprint density at radius 3 is 2.03 bits per heavy atom. The molecule has 10 atom stereocenters. The SMILES string of the molecule is C=C(C)[C@@H]1CC[C@]2(C(=O)O)CC[C@]3(C)[C@H](CC[C@@H]4[C@@]5(C)CC[C@H](O)C(C)(C)[C@@H]5CC[C@]43C)[C@@H]12.NCC(=O)O. The molecular formula is C32H53NO5. The van der Waals surface area contributed by atoms with E-state index in [9.17, 15) is 19.8 Å². The van der Waals surface area contributed by atoms with Crippen molar-refractivity contribution >= 4 is 11.9 Å². The zero-order chi connectivity index (χ0) is 28.5. The molecule has 0 bridgehead atoms. The normalized spacial score (nSPS) is 48.7. The molecule has 5 rings (SSSR count). The van der Waals surface area contributed by atoms with Crippen LogP contribution in [-0.4, -0.2) is 39.9 Å². The van der Waals surface area contributed by atoms with Gasteiger partial charge in [0.25, 0.3) is 0 Å². The highest BCUT2D eigenvalue weighted by Crippen LogP contribution is 2.77. The third-order valence-corrected chi connectivity index (χ3v) is 13.6. The molecule has 0 aromatic carbocycles. The largest absolute Gasteiger partial charge is 0.481 e. The Morgan fingerprint density at radius 1 is 0.842 bits per heavy atom. The van der Waals surface area contributed by atoms with Gasteiger partial charge in [-0.05, 0) is 122 Å². The van der Waals surface area contributed by atoms with Gasteiger partial charge in [0.15, 0.2) is 0 Å². The summed E-state index contributed by atoms with van der Waals surface area (Å²) in [5.74, 6) is 0.826. The third-order valence-electron chi connectivity index (χ3n) is 13.6. The van der Waals surface area contributed by atoms with Gasteiger partial charge in [0.1, 0.15) is 0 Å². The molecule has 0 saturated heterocycles. The first-order chi connectivity index (χ1) is 17.5. The summed E-state index contributed by atoms with van der Waals surface area (Å²) in [6, 6.07) is 0. The summed E-state index contributed by atoms with van der Waals surface area (Å²) in [5, 5.41) is 29.0. The zero-order valence-electron chi connectivity index (χ0n) is 24.7.